The normalized spacial score (nSPS) is 16.0. The van der Waals surface area contributed by atoms with Crippen molar-refractivity contribution in [1.29, 1.82) is 5.26 Å². The maximum Gasteiger partial charge on any atom is 0.238 e. The van der Waals surface area contributed by atoms with Gasteiger partial charge in [-0.05, 0) is 24.3 Å². The van der Waals surface area contributed by atoms with Crippen LogP contribution < -0.4 is 4.74 Å². The van der Waals surface area contributed by atoms with E-state index < -0.39 is 0 Å². The van der Waals surface area contributed by atoms with Crippen molar-refractivity contribution in [3.63, 3.8) is 0 Å². The van der Waals surface area contributed by atoms with Crippen LogP contribution in [0.5, 0.6) is 5.88 Å². The minimum atomic E-state index is 0.563. The second kappa shape index (κ2) is 4.34. The number of nitrogens with one attached hydrogen (secondary N) is 1. The fourth-order valence-electron chi connectivity index (χ4n) is 2.95. The maximum absolute atomic E-state index is 9.24. The van der Waals surface area contributed by atoms with Crippen LogP contribution in [0.2, 0.25) is 0 Å². The minimum Gasteiger partial charge on any atom is -0.479 e. The molecule has 0 aliphatic heterocycles. The molecule has 1 aliphatic rings. The van der Waals surface area contributed by atoms with E-state index >= 15 is 0 Å². The predicted octanol–water partition coefficient (Wildman–Crippen LogP) is 3.10. The monoisotopic (exact) mass is 241 g/mol. The lowest BCUT2D eigenvalue weighted by Gasteiger charge is -2.08. The van der Waals surface area contributed by atoms with Crippen molar-refractivity contribution in [2.45, 2.75) is 31.6 Å². The Balaban J connectivity index is 2.24. The Kier molecular flexibility index (Phi) is 2.67. The van der Waals surface area contributed by atoms with Crippen molar-refractivity contribution < 1.29 is 4.74 Å². The van der Waals surface area contributed by atoms with Crippen molar-refractivity contribution in [2.24, 2.45) is 0 Å². The van der Waals surface area contributed by atoms with Crippen LogP contribution in [-0.4, -0.2) is 17.1 Å². The van der Waals surface area contributed by atoms with Crippen LogP contribution in [0.15, 0.2) is 12.4 Å². The van der Waals surface area contributed by atoms with E-state index in [9.17, 15) is 5.26 Å². The Hall–Kier alpha value is -2.02. The highest BCUT2D eigenvalue weighted by molar-refractivity contribution is 5.92. The molecule has 0 amide bonds. The molecule has 2 aromatic rings. The molecular formula is C14H15N3O. The third-order valence-corrected chi connectivity index (χ3v) is 3.81. The zero-order valence-corrected chi connectivity index (χ0v) is 10.4. The number of methoxy groups -OCH3 is 1. The van der Waals surface area contributed by atoms with Gasteiger partial charge in [0.05, 0.1) is 12.7 Å². The Morgan fingerprint density at radius 1 is 1.44 bits per heavy atom. The molecule has 0 bridgehead atoms. The molecule has 1 N–H and O–H groups in total. The summed E-state index contributed by atoms with van der Waals surface area (Å²) in [6.45, 7) is 0. The van der Waals surface area contributed by atoms with Crippen LogP contribution in [0.4, 0.5) is 0 Å². The number of pyridine rings is 1. The van der Waals surface area contributed by atoms with Crippen LogP contribution in [0.25, 0.3) is 10.9 Å². The van der Waals surface area contributed by atoms with Gasteiger partial charge in [0.1, 0.15) is 11.6 Å². The summed E-state index contributed by atoms with van der Waals surface area (Å²) in [5.74, 6) is 1.13. The van der Waals surface area contributed by atoms with Gasteiger partial charge in [-0.25, -0.2) is 4.98 Å². The molecule has 0 unspecified atom stereocenters. The summed E-state index contributed by atoms with van der Waals surface area (Å²) < 4.78 is 5.25. The molecule has 2 aromatic heterocycles. The Morgan fingerprint density at radius 2 is 2.22 bits per heavy atom. The summed E-state index contributed by atoms with van der Waals surface area (Å²) in [5, 5.41) is 10.2. The van der Waals surface area contributed by atoms with E-state index in [0.717, 1.165) is 10.9 Å². The highest BCUT2D eigenvalue weighted by Gasteiger charge is 2.23. The van der Waals surface area contributed by atoms with Gasteiger partial charge in [0.2, 0.25) is 5.88 Å². The summed E-state index contributed by atoms with van der Waals surface area (Å²) in [4.78, 5) is 7.38. The van der Waals surface area contributed by atoms with Gasteiger partial charge in [-0.1, -0.05) is 12.8 Å². The molecule has 3 rings (SSSR count). The smallest absolute Gasteiger partial charge is 0.238 e. The number of fused-ring (bicyclic) bond motifs is 1. The number of aromatic nitrogens is 2. The quantitative estimate of drug-likeness (QED) is 0.878. The first kappa shape index (κ1) is 11.1. The van der Waals surface area contributed by atoms with Gasteiger partial charge in [-0.2, -0.15) is 5.26 Å². The average Bonchev–Trinajstić information content (AvgIpc) is 3.05. The molecule has 0 atom stereocenters. The van der Waals surface area contributed by atoms with E-state index in [0.29, 0.717) is 17.4 Å². The van der Waals surface area contributed by atoms with E-state index in [1.807, 2.05) is 6.20 Å². The van der Waals surface area contributed by atoms with Crippen molar-refractivity contribution >= 4 is 10.9 Å². The lowest BCUT2D eigenvalue weighted by atomic mass is 9.96. The average molecular weight is 241 g/mol. The van der Waals surface area contributed by atoms with Crippen LogP contribution in [0.1, 0.15) is 42.7 Å². The number of nitriles is 1. The molecule has 4 heteroatoms. The molecule has 1 saturated carbocycles. The van der Waals surface area contributed by atoms with Gasteiger partial charge < -0.3 is 9.72 Å². The lowest BCUT2D eigenvalue weighted by Crippen LogP contribution is -1.94. The zero-order valence-electron chi connectivity index (χ0n) is 10.4. The minimum absolute atomic E-state index is 0.563. The van der Waals surface area contributed by atoms with E-state index in [1.165, 1.54) is 31.2 Å². The van der Waals surface area contributed by atoms with Crippen LogP contribution >= 0.6 is 0 Å². The Bertz CT molecular complexity index is 618. The van der Waals surface area contributed by atoms with Crippen LogP contribution in [0, 0.1) is 11.3 Å². The molecule has 1 aliphatic carbocycles. The molecule has 0 saturated heterocycles. The SMILES string of the molecule is COc1ncc(C#N)c2c(C3CCCC3)c[nH]c12. The van der Waals surface area contributed by atoms with Gasteiger partial charge >= 0.3 is 0 Å². The first-order valence-corrected chi connectivity index (χ1v) is 6.29. The molecule has 4 nitrogen and oxygen atoms in total. The third kappa shape index (κ3) is 1.55. The number of nitrogens with zero attached hydrogens (tertiary/aromatic N) is 2. The number of ether oxygens (including phenoxy) is 1. The second-order valence-corrected chi connectivity index (χ2v) is 4.77. The topological polar surface area (TPSA) is 61.7 Å². The molecular weight excluding hydrogens is 226 g/mol. The summed E-state index contributed by atoms with van der Waals surface area (Å²) in [6, 6.07) is 2.23. The first-order chi connectivity index (χ1) is 8.85. The van der Waals surface area contributed by atoms with E-state index in [-0.39, 0.29) is 0 Å². The van der Waals surface area contributed by atoms with Gasteiger partial charge in [0.15, 0.2) is 0 Å². The highest BCUT2D eigenvalue weighted by Crippen LogP contribution is 2.40. The van der Waals surface area contributed by atoms with Crippen LogP contribution in [-0.2, 0) is 0 Å². The fourth-order valence-corrected chi connectivity index (χ4v) is 2.95. The number of rotatable bonds is 2. The summed E-state index contributed by atoms with van der Waals surface area (Å²) in [5.41, 5.74) is 2.73. The predicted molar refractivity (Wildman–Crippen MR) is 68.6 cm³/mol. The molecule has 18 heavy (non-hydrogen) atoms. The summed E-state index contributed by atoms with van der Waals surface area (Å²) in [6.07, 6.45) is 8.60. The number of aromatic amines is 1. The largest absolute Gasteiger partial charge is 0.479 e. The van der Waals surface area contributed by atoms with E-state index in [4.69, 9.17) is 4.74 Å². The van der Waals surface area contributed by atoms with E-state index in [1.54, 1.807) is 13.3 Å². The fraction of sp³-hybridized carbons (Fsp3) is 0.429. The molecule has 2 heterocycles. The van der Waals surface area contributed by atoms with E-state index in [2.05, 4.69) is 16.0 Å². The van der Waals surface area contributed by atoms with Crippen molar-refractivity contribution in [3.8, 4) is 11.9 Å². The number of H-pyrrole nitrogens is 1. The molecule has 1 fully saturated rings. The standard InChI is InChI=1S/C14H15N3O/c1-18-14-13-12(10(6-15)7-17-14)11(8-16-13)9-4-2-3-5-9/h7-9,16H,2-5H2,1H3. The Labute approximate surface area is 106 Å². The summed E-state index contributed by atoms with van der Waals surface area (Å²) >= 11 is 0. The summed E-state index contributed by atoms with van der Waals surface area (Å²) in [7, 11) is 1.60. The van der Waals surface area contributed by atoms with Gasteiger partial charge in [-0.15, -0.1) is 0 Å². The van der Waals surface area contributed by atoms with Gasteiger partial charge in [0, 0.05) is 17.8 Å². The van der Waals surface area contributed by atoms with Crippen molar-refractivity contribution in [3.05, 3.63) is 23.5 Å². The lowest BCUT2D eigenvalue weighted by molar-refractivity contribution is 0.402. The second-order valence-electron chi connectivity index (χ2n) is 4.77. The first-order valence-electron chi connectivity index (χ1n) is 6.29. The van der Waals surface area contributed by atoms with Gasteiger partial charge in [-0.3, -0.25) is 0 Å². The zero-order chi connectivity index (χ0) is 12.5. The van der Waals surface area contributed by atoms with Gasteiger partial charge in [0.25, 0.3) is 0 Å². The van der Waals surface area contributed by atoms with Crippen molar-refractivity contribution in [2.75, 3.05) is 7.11 Å². The molecule has 0 radical (unpaired) electrons. The molecule has 0 aromatic carbocycles. The number of hydrogen-bond donors (Lipinski definition) is 1. The number of hydrogen-bond acceptors (Lipinski definition) is 3. The maximum atomic E-state index is 9.24. The third-order valence-electron chi connectivity index (χ3n) is 3.81. The van der Waals surface area contributed by atoms with Crippen molar-refractivity contribution in [1.82, 2.24) is 9.97 Å². The molecule has 0 spiro atoms. The van der Waals surface area contributed by atoms with Crippen LogP contribution in [0.3, 0.4) is 0 Å². The molecule has 92 valence electrons. The highest BCUT2D eigenvalue weighted by atomic mass is 16.5. The Morgan fingerprint density at radius 3 is 2.89 bits per heavy atom.